The van der Waals surface area contributed by atoms with Crippen molar-refractivity contribution in [3.05, 3.63) is 35.9 Å². The summed E-state index contributed by atoms with van der Waals surface area (Å²) >= 11 is 0. The minimum atomic E-state index is -0.336. The first kappa shape index (κ1) is 17.0. The lowest BCUT2D eigenvalue weighted by atomic mass is 9.97. The lowest BCUT2D eigenvalue weighted by molar-refractivity contribution is -0.135. The van der Waals surface area contributed by atoms with E-state index in [0.717, 1.165) is 12.8 Å². The van der Waals surface area contributed by atoms with Crippen molar-refractivity contribution < 1.29 is 14.4 Å². The van der Waals surface area contributed by atoms with Crippen LogP contribution in [0.5, 0.6) is 0 Å². The number of nitrogens with two attached hydrogens (primary N) is 1. The standard InChI is InChI=1S/C17H23N3O3/c18-16(22)14-8-5-11-20(12-14)15(21)9-4-10-19-17(23)13-6-2-1-3-7-13/h1-3,6-7,14H,4-5,8-12H2,(H2,18,22)(H,19,23). The monoisotopic (exact) mass is 317 g/mol. The summed E-state index contributed by atoms with van der Waals surface area (Å²) in [5.41, 5.74) is 5.93. The number of rotatable bonds is 6. The molecule has 2 rings (SSSR count). The van der Waals surface area contributed by atoms with E-state index in [1.165, 1.54) is 0 Å². The molecule has 23 heavy (non-hydrogen) atoms. The molecule has 1 aromatic carbocycles. The Labute approximate surface area is 136 Å². The predicted octanol–water partition coefficient (Wildman–Crippen LogP) is 0.920. The van der Waals surface area contributed by atoms with Gasteiger partial charge in [0.25, 0.3) is 5.91 Å². The third-order valence-corrected chi connectivity index (χ3v) is 4.07. The van der Waals surface area contributed by atoms with Gasteiger partial charge in [-0.25, -0.2) is 0 Å². The summed E-state index contributed by atoms with van der Waals surface area (Å²) in [5.74, 6) is -0.683. The van der Waals surface area contributed by atoms with E-state index >= 15 is 0 Å². The molecule has 0 saturated carbocycles. The number of hydrogen-bond acceptors (Lipinski definition) is 3. The molecule has 1 aliphatic heterocycles. The summed E-state index contributed by atoms with van der Waals surface area (Å²) in [6.07, 6.45) is 2.51. The molecule has 3 N–H and O–H groups in total. The molecule has 1 fully saturated rings. The van der Waals surface area contributed by atoms with Gasteiger partial charge in [-0.15, -0.1) is 0 Å². The highest BCUT2D eigenvalue weighted by molar-refractivity contribution is 5.94. The van der Waals surface area contributed by atoms with E-state index < -0.39 is 0 Å². The van der Waals surface area contributed by atoms with Crippen molar-refractivity contribution in [3.63, 3.8) is 0 Å². The van der Waals surface area contributed by atoms with Crippen LogP contribution in [0.1, 0.15) is 36.0 Å². The lowest BCUT2D eigenvalue weighted by Gasteiger charge is -2.31. The Morgan fingerprint density at radius 1 is 1.22 bits per heavy atom. The number of piperidine rings is 1. The van der Waals surface area contributed by atoms with E-state index in [0.29, 0.717) is 38.0 Å². The number of likely N-dealkylation sites (tertiary alicyclic amines) is 1. The molecule has 6 heteroatoms. The second kappa shape index (κ2) is 8.31. The highest BCUT2D eigenvalue weighted by atomic mass is 16.2. The quantitative estimate of drug-likeness (QED) is 0.764. The Bertz CT molecular complexity index is 559. The molecule has 6 nitrogen and oxygen atoms in total. The molecule has 0 radical (unpaired) electrons. The van der Waals surface area contributed by atoms with E-state index in [9.17, 15) is 14.4 Å². The molecule has 0 aliphatic carbocycles. The zero-order valence-corrected chi connectivity index (χ0v) is 13.2. The number of carbonyl (C=O) groups excluding carboxylic acids is 3. The van der Waals surface area contributed by atoms with Crippen LogP contribution in [0.2, 0.25) is 0 Å². The van der Waals surface area contributed by atoms with Crippen molar-refractivity contribution in [1.82, 2.24) is 10.2 Å². The summed E-state index contributed by atoms with van der Waals surface area (Å²) in [5, 5.41) is 2.80. The smallest absolute Gasteiger partial charge is 0.251 e. The van der Waals surface area contributed by atoms with Gasteiger partial charge in [0.2, 0.25) is 11.8 Å². The van der Waals surface area contributed by atoms with Gasteiger partial charge in [0, 0.05) is 31.6 Å². The number of benzene rings is 1. The van der Waals surface area contributed by atoms with Gasteiger partial charge in [-0.3, -0.25) is 14.4 Å². The molecule has 1 heterocycles. The Kier molecular flexibility index (Phi) is 6.14. The van der Waals surface area contributed by atoms with Crippen LogP contribution in [0, 0.1) is 5.92 Å². The van der Waals surface area contributed by atoms with Crippen LogP contribution in [0.15, 0.2) is 30.3 Å². The number of nitrogens with zero attached hydrogens (tertiary/aromatic N) is 1. The second-order valence-corrected chi connectivity index (χ2v) is 5.81. The number of nitrogens with one attached hydrogen (secondary N) is 1. The molecular weight excluding hydrogens is 294 g/mol. The van der Waals surface area contributed by atoms with E-state index in [-0.39, 0.29) is 23.6 Å². The molecule has 0 spiro atoms. The molecule has 1 saturated heterocycles. The van der Waals surface area contributed by atoms with Crippen LogP contribution in [0.4, 0.5) is 0 Å². The molecule has 124 valence electrons. The highest BCUT2D eigenvalue weighted by Gasteiger charge is 2.26. The van der Waals surface area contributed by atoms with Crippen molar-refractivity contribution in [2.45, 2.75) is 25.7 Å². The molecule has 1 atom stereocenters. The normalized spacial score (nSPS) is 17.6. The van der Waals surface area contributed by atoms with E-state index in [1.807, 2.05) is 18.2 Å². The van der Waals surface area contributed by atoms with Gasteiger partial charge in [-0.2, -0.15) is 0 Å². The fraction of sp³-hybridized carbons (Fsp3) is 0.471. The Hall–Kier alpha value is -2.37. The maximum atomic E-state index is 12.1. The van der Waals surface area contributed by atoms with Crippen LogP contribution >= 0.6 is 0 Å². The number of hydrogen-bond donors (Lipinski definition) is 2. The second-order valence-electron chi connectivity index (χ2n) is 5.81. The third-order valence-electron chi connectivity index (χ3n) is 4.07. The zero-order chi connectivity index (χ0) is 16.7. The fourth-order valence-electron chi connectivity index (χ4n) is 2.73. The zero-order valence-electron chi connectivity index (χ0n) is 13.2. The van der Waals surface area contributed by atoms with Gasteiger partial charge >= 0.3 is 0 Å². The van der Waals surface area contributed by atoms with Crippen molar-refractivity contribution in [3.8, 4) is 0 Å². The molecule has 0 bridgehead atoms. The SMILES string of the molecule is NC(=O)C1CCCN(C(=O)CCCNC(=O)c2ccccc2)C1. The molecule has 1 aromatic rings. The summed E-state index contributed by atoms with van der Waals surface area (Å²) in [7, 11) is 0. The van der Waals surface area contributed by atoms with E-state index in [1.54, 1.807) is 17.0 Å². The van der Waals surface area contributed by atoms with Crippen LogP contribution in [-0.4, -0.2) is 42.3 Å². The average molecular weight is 317 g/mol. The fourth-order valence-corrected chi connectivity index (χ4v) is 2.73. The van der Waals surface area contributed by atoms with Crippen LogP contribution in [0.3, 0.4) is 0 Å². The first-order valence-corrected chi connectivity index (χ1v) is 7.98. The summed E-state index contributed by atoms with van der Waals surface area (Å²) in [6, 6.07) is 8.97. The minimum Gasteiger partial charge on any atom is -0.369 e. The molecule has 1 aliphatic rings. The lowest BCUT2D eigenvalue weighted by Crippen LogP contribution is -2.44. The van der Waals surface area contributed by atoms with Gasteiger partial charge < -0.3 is 16.0 Å². The Balaban J connectivity index is 1.68. The van der Waals surface area contributed by atoms with Gasteiger partial charge in [0.1, 0.15) is 0 Å². The maximum absolute atomic E-state index is 12.1. The van der Waals surface area contributed by atoms with E-state index in [4.69, 9.17) is 5.73 Å². The Morgan fingerprint density at radius 3 is 2.65 bits per heavy atom. The average Bonchev–Trinajstić information content (AvgIpc) is 2.59. The van der Waals surface area contributed by atoms with Crippen molar-refractivity contribution in [2.75, 3.05) is 19.6 Å². The molecular formula is C17H23N3O3. The van der Waals surface area contributed by atoms with Gasteiger partial charge in [-0.1, -0.05) is 18.2 Å². The van der Waals surface area contributed by atoms with Gasteiger partial charge in [0.15, 0.2) is 0 Å². The summed E-state index contributed by atoms with van der Waals surface area (Å²) < 4.78 is 0. The molecule has 0 aromatic heterocycles. The number of carbonyl (C=O) groups is 3. The molecule has 1 unspecified atom stereocenters. The van der Waals surface area contributed by atoms with Crippen molar-refractivity contribution in [1.29, 1.82) is 0 Å². The van der Waals surface area contributed by atoms with Gasteiger partial charge in [0.05, 0.1) is 5.92 Å². The largest absolute Gasteiger partial charge is 0.369 e. The number of amides is 3. The minimum absolute atomic E-state index is 0.0184. The van der Waals surface area contributed by atoms with Gasteiger partial charge in [-0.05, 0) is 31.4 Å². The van der Waals surface area contributed by atoms with Crippen LogP contribution in [-0.2, 0) is 9.59 Å². The number of primary amides is 1. The first-order chi connectivity index (χ1) is 11.1. The molecule has 3 amide bonds. The maximum Gasteiger partial charge on any atom is 0.251 e. The predicted molar refractivity (Wildman–Crippen MR) is 86.5 cm³/mol. The first-order valence-electron chi connectivity index (χ1n) is 7.98. The summed E-state index contributed by atoms with van der Waals surface area (Å²) in [4.78, 5) is 36.9. The van der Waals surface area contributed by atoms with Crippen molar-refractivity contribution >= 4 is 17.7 Å². The topological polar surface area (TPSA) is 92.5 Å². The Morgan fingerprint density at radius 2 is 1.96 bits per heavy atom. The summed E-state index contributed by atoms with van der Waals surface area (Å²) in [6.45, 7) is 1.55. The van der Waals surface area contributed by atoms with Crippen LogP contribution < -0.4 is 11.1 Å². The third kappa shape index (κ3) is 5.09. The highest BCUT2D eigenvalue weighted by Crippen LogP contribution is 2.17. The van der Waals surface area contributed by atoms with Crippen molar-refractivity contribution in [2.24, 2.45) is 11.7 Å². The van der Waals surface area contributed by atoms with E-state index in [2.05, 4.69) is 5.32 Å². The van der Waals surface area contributed by atoms with Crippen LogP contribution in [0.25, 0.3) is 0 Å².